The molecule has 5 rings (SSSR count). The van der Waals surface area contributed by atoms with Crippen molar-refractivity contribution in [3.63, 3.8) is 0 Å². The van der Waals surface area contributed by atoms with Crippen LogP contribution in [0.1, 0.15) is 21.5 Å². The highest BCUT2D eigenvalue weighted by Crippen LogP contribution is 2.36. The molecule has 0 saturated heterocycles. The minimum absolute atomic E-state index is 0.0995. The van der Waals surface area contributed by atoms with E-state index in [9.17, 15) is 9.90 Å². The van der Waals surface area contributed by atoms with Gasteiger partial charge in [-0.2, -0.15) is 5.10 Å². The maximum absolute atomic E-state index is 12.4. The maximum atomic E-state index is 12.4. The van der Waals surface area contributed by atoms with E-state index >= 15 is 0 Å². The van der Waals surface area contributed by atoms with Crippen LogP contribution in [0.3, 0.4) is 0 Å². The Morgan fingerprint density at radius 2 is 1.84 bits per heavy atom. The Morgan fingerprint density at radius 1 is 1.06 bits per heavy atom. The number of aromatic hydroxyl groups is 1. The highest BCUT2D eigenvalue weighted by Gasteiger charge is 2.25. The highest BCUT2D eigenvalue weighted by atomic mass is 16.3. The molecule has 0 radical (unpaired) electrons. The summed E-state index contributed by atoms with van der Waals surface area (Å²) < 4.78 is 3.41. The molecule has 2 aromatic carbocycles. The van der Waals surface area contributed by atoms with Gasteiger partial charge in [0.05, 0.1) is 22.4 Å². The third-order valence-electron chi connectivity index (χ3n) is 5.78. The summed E-state index contributed by atoms with van der Waals surface area (Å²) in [5.41, 5.74) is 18.1. The summed E-state index contributed by atoms with van der Waals surface area (Å²) in [6, 6.07) is 11.0. The lowest BCUT2D eigenvalue weighted by Crippen LogP contribution is -2.14. The van der Waals surface area contributed by atoms with Gasteiger partial charge in [-0.05, 0) is 43.7 Å². The van der Waals surface area contributed by atoms with Gasteiger partial charge in [0.25, 0.3) is 5.91 Å². The van der Waals surface area contributed by atoms with E-state index in [0.717, 1.165) is 16.8 Å². The van der Waals surface area contributed by atoms with Crippen molar-refractivity contribution in [1.29, 1.82) is 0 Å². The van der Waals surface area contributed by atoms with Crippen molar-refractivity contribution in [1.82, 2.24) is 24.3 Å². The first kappa shape index (κ1) is 19.6. The smallest absolute Gasteiger partial charge is 0.254 e. The van der Waals surface area contributed by atoms with Crippen molar-refractivity contribution < 1.29 is 9.90 Å². The molecule has 0 aliphatic rings. The molecule has 0 unspecified atom stereocenters. The van der Waals surface area contributed by atoms with Gasteiger partial charge in [-0.1, -0.05) is 12.1 Å². The van der Waals surface area contributed by atoms with Crippen LogP contribution in [0.4, 0.5) is 5.82 Å². The Hall–Kier alpha value is -4.40. The fourth-order valence-electron chi connectivity index (χ4n) is 4.17. The van der Waals surface area contributed by atoms with Crippen molar-refractivity contribution >= 4 is 33.9 Å². The first-order chi connectivity index (χ1) is 15.3. The van der Waals surface area contributed by atoms with Crippen LogP contribution < -0.4 is 11.5 Å². The fraction of sp³-hybridized carbons (Fsp3) is 0.130. The largest absolute Gasteiger partial charge is 0.508 e. The second-order valence-corrected chi connectivity index (χ2v) is 7.77. The normalized spacial score (nSPS) is 11.5. The van der Waals surface area contributed by atoms with Crippen molar-refractivity contribution in [2.45, 2.75) is 13.8 Å². The van der Waals surface area contributed by atoms with E-state index in [1.807, 2.05) is 38.2 Å². The summed E-state index contributed by atoms with van der Waals surface area (Å²) in [6.45, 7) is 3.67. The number of carbonyl (C=O) groups excluding carboxylic acids is 1. The number of aryl methyl sites for hydroxylation is 2. The number of phenols is 1. The first-order valence-corrected chi connectivity index (χ1v) is 9.97. The minimum atomic E-state index is -0.696. The number of nitrogens with two attached hydrogens (primary N) is 2. The van der Waals surface area contributed by atoms with Gasteiger partial charge >= 0.3 is 0 Å². The molecule has 0 aliphatic carbocycles. The molecule has 9 nitrogen and oxygen atoms in total. The van der Waals surface area contributed by atoms with E-state index in [0.29, 0.717) is 33.4 Å². The Labute approximate surface area is 182 Å². The lowest BCUT2D eigenvalue weighted by atomic mass is 10.1. The van der Waals surface area contributed by atoms with Gasteiger partial charge < -0.3 is 16.6 Å². The van der Waals surface area contributed by atoms with Crippen LogP contribution in [0.15, 0.2) is 42.6 Å². The number of nitrogens with zero attached hydrogens (tertiary/aromatic N) is 5. The molecule has 160 valence electrons. The van der Waals surface area contributed by atoms with Gasteiger partial charge in [-0.15, -0.1) is 0 Å². The molecule has 0 saturated carbocycles. The predicted octanol–water partition coefficient (Wildman–Crippen LogP) is 2.98. The number of primary amides is 1. The number of aromatic nitrogens is 5. The van der Waals surface area contributed by atoms with Gasteiger partial charge in [0.1, 0.15) is 22.6 Å². The lowest BCUT2D eigenvalue weighted by molar-refractivity contribution is 0.100. The van der Waals surface area contributed by atoms with E-state index in [-0.39, 0.29) is 17.1 Å². The molecule has 9 heteroatoms. The summed E-state index contributed by atoms with van der Waals surface area (Å²) in [7, 11) is 1.86. The van der Waals surface area contributed by atoms with Gasteiger partial charge in [0.15, 0.2) is 5.65 Å². The van der Waals surface area contributed by atoms with Crippen molar-refractivity contribution in [2.75, 3.05) is 5.73 Å². The quantitative estimate of drug-likeness (QED) is 0.405. The number of benzene rings is 2. The Kier molecular flexibility index (Phi) is 4.16. The topological polar surface area (TPSA) is 138 Å². The Bertz CT molecular complexity index is 1560. The summed E-state index contributed by atoms with van der Waals surface area (Å²) in [6.07, 6.45) is 1.72. The van der Waals surface area contributed by atoms with E-state index in [4.69, 9.17) is 21.4 Å². The Morgan fingerprint density at radius 3 is 2.53 bits per heavy atom. The zero-order valence-corrected chi connectivity index (χ0v) is 17.8. The van der Waals surface area contributed by atoms with E-state index < -0.39 is 5.91 Å². The van der Waals surface area contributed by atoms with Crippen LogP contribution in [-0.2, 0) is 7.05 Å². The van der Waals surface area contributed by atoms with Crippen molar-refractivity contribution in [3.05, 3.63) is 59.3 Å². The number of phenolic OH excluding ortho intramolecular Hbond substituents is 1. The number of hydrogen-bond acceptors (Lipinski definition) is 6. The molecule has 3 aromatic heterocycles. The van der Waals surface area contributed by atoms with Crippen molar-refractivity contribution in [2.24, 2.45) is 12.8 Å². The molecule has 0 atom stereocenters. The number of hydrogen-bond donors (Lipinski definition) is 3. The van der Waals surface area contributed by atoms with Crippen LogP contribution in [0.25, 0.3) is 39.1 Å². The third kappa shape index (κ3) is 2.71. The van der Waals surface area contributed by atoms with E-state index in [1.54, 1.807) is 34.5 Å². The van der Waals surface area contributed by atoms with E-state index in [1.165, 1.54) is 0 Å². The molecule has 5 aromatic rings. The standard InChI is InChI=1S/C23H21N7O2/c1-11-4-7-17(31)12(2)20(11)30-21(24)18(22(25)32)19-23(30)28-14-6-5-13(10-15(14)27-19)16-8-9-26-29(16)3/h4-10,31H,24H2,1-3H3,(H2,25,32). The second-order valence-electron chi connectivity index (χ2n) is 7.77. The van der Waals surface area contributed by atoms with Gasteiger partial charge in [0, 0.05) is 24.4 Å². The van der Waals surface area contributed by atoms with Crippen LogP contribution in [0.2, 0.25) is 0 Å². The molecule has 1 amide bonds. The monoisotopic (exact) mass is 427 g/mol. The number of rotatable bonds is 3. The molecule has 0 fully saturated rings. The van der Waals surface area contributed by atoms with Crippen LogP contribution in [0, 0.1) is 13.8 Å². The molecule has 32 heavy (non-hydrogen) atoms. The minimum Gasteiger partial charge on any atom is -0.508 e. The molecule has 5 N–H and O–H groups in total. The summed E-state index contributed by atoms with van der Waals surface area (Å²) in [5, 5.41) is 14.5. The van der Waals surface area contributed by atoms with Gasteiger partial charge in [-0.25, -0.2) is 9.97 Å². The zero-order chi connectivity index (χ0) is 22.7. The van der Waals surface area contributed by atoms with Crippen LogP contribution in [-0.4, -0.2) is 35.3 Å². The molecular formula is C23H21N7O2. The summed E-state index contributed by atoms with van der Waals surface area (Å²) >= 11 is 0. The summed E-state index contributed by atoms with van der Waals surface area (Å²) in [4.78, 5) is 21.9. The van der Waals surface area contributed by atoms with Crippen molar-refractivity contribution in [3.8, 4) is 22.7 Å². The SMILES string of the molecule is Cc1ccc(O)c(C)c1-n1c(N)c(C(N)=O)c2nc3cc(-c4ccnn4C)ccc3nc21. The molecule has 3 heterocycles. The second kappa shape index (κ2) is 6.81. The maximum Gasteiger partial charge on any atom is 0.254 e. The lowest BCUT2D eigenvalue weighted by Gasteiger charge is -2.15. The average molecular weight is 427 g/mol. The summed E-state index contributed by atoms with van der Waals surface area (Å²) in [5.74, 6) is -0.452. The number of fused-ring (bicyclic) bond motifs is 2. The van der Waals surface area contributed by atoms with E-state index in [2.05, 4.69) is 5.10 Å². The molecule has 0 bridgehead atoms. The molecule has 0 spiro atoms. The number of nitrogen functional groups attached to an aromatic ring is 1. The third-order valence-corrected chi connectivity index (χ3v) is 5.78. The van der Waals surface area contributed by atoms with Gasteiger partial charge in [0.2, 0.25) is 0 Å². The highest BCUT2D eigenvalue weighted by molar-refractivity contribution is 6.10. The zero-order valence-electron chi connectivity index (χ0n) is 17.8. The number of carbonyl (C=O) groups is 1. The Balaban J connectivity index is 1.87. The molecular weight excluding hydrogens is 406 g/mol. The van der Waals surface area contributed by atoms with Crippen LogP contribution >= 0.6 is 0 Å². The average Bonchev–Trinajstić information content (AvgIpc) is 3.30. The number of anilines is 1. The number of amides is 1. The van der Waals surface area contributed by atoms with Crippen LogP contribution in [0.5, 0.6) is 5.75 Å². The first-order valence-electron chi connectivity index (χ1n) is 9.97. The predicted molar refractivity (Wildman–Crippen MR) is 123 cm³/mol. The fourth-order valence-corrected chi connectivity index (χ4v) is 4.17. The molecule has 0 aliphatic heterocycles. The van der Waals surface area contributed by atoms with Gasteiger partial charge in [-0.3, -0.25) is 14.0 Å².